The van der Waals surface area contributed by atoms with E-state index in [-0.39, 0.29) is 0 Å². The van der Waals surface area contributed by atoms with E-state index in [0.717, 1.165) is 12.1 Å². The lowest BCUT2D eigenvalue weighted by molar-refractivity contribution is 0.310. The van der Waals surface area contributed by atoms with Gasteiger partial charge in [-0.1, -0.05) is 31.2 Å². The molecule has 1 atom stereocenters. The van der Waals surface area contributed by atoms with E-state index in [1.807, 2.05) is 0 Å². The van der Waals surface area contributed by atoms with E-state index in [1.54, 1.807) is 0 Å². The van der Waals surface area contributed by atoms with Gasteiger partial charge in [0.2, 0.25) is 0 Å². The highest BCUT2D eigenvalue weighted by Crippen LogP contribution is 2.29. The standard InChI is InChI=1S/C10H21NOSi/c1-13(2,3)8-9-6-4-5-7-10(9)11-12/h9,12H,4-8H2,1-3H3/b11-10-. The maximum atomic E-state index is 8.86. The first-order valence-corrected chi connectivity index (χ1v) is 8.94. The largest absolute Gasteiger partial charge is 0.411 e. The quantitative estimate of drug-likeness (QED) is 0.413. The Bertz CT molecular complexity index is 196. The smallest absolute Gasteiger partial charge is 0.0598 e. The van der Waals surface area contributed by atoms with E-state index in [1.165, 1.54) is 25.3 Å². The van der Waals surface area contributed by atoms with Gasteiger partial charge in [-0.05, 0) is 31.2 Å². The average Bonchev–Trinajstić information content (AvgIpc) is 2.02. The first-order chi connectivity index (χ1) is 6.03. The van der Waals surface area contributed by atoms with Crippen LogP contribution in [0.1, 0.15) is 25.7 Å². The Balaban J connectivity index is 2.56. The summed E-state index contributed by atoms with van der Waals surface area (Å²) in [5, 5.41) is 12.3. The summed E-state index contributed by atoms with van der Waals surface area (Å²) in [4.78, 5) is 0. The van der Waals surface area contributed by atoms with Crippen molar-refractivity contribution in [1.82, 2.24) is 0 Å². The second-order valence-corrected chi connectivity index (χ2v) is 10.8. The number of nitrogens with zero attached hydrogens (tertiary/aromatic N) is 1. The summed E-state index contributed by atoms with van der Waals surface area (Å²) in [6.07, 6.45) is 4.78. The van der Waals surface area contributed by atoms with Gasteiger partial charge in [-0.15, -0.1) is 0 Å². The van der Waals surface area contributed by atoms with Crippen molar-refractivity contribution in [1.29, 1.82) is 0 Å². The molecule has 1 unspecified atom stereocenters. The highest BCUT2D eigenvalue weighted by Gasteiger charge is 2.26. The fraction of sp³-hybridized carbons (Fsp3) is 0.900. The summed E-state index contributed by atoms with van der Waals surface area (Å²) < 4.78 is 0. The zero-order valence-electron chi connectivity index (χ0n) is 9.01. The van der Waals surface area contributed by atoms with Gasteiger partial charge in [0.15, 0.2) is 0 Å². The molecule has 2 nitrogen and oxygen atoms in total. The molecule has 0 amide bonds. The molecule has 0 saturated heterocycles. The summed E-state index contributed by atoms with van der Waals surface area (Å²) in [6.45, 7) is 7.16. The predicted octanol–water partition coefficient (Wildman–Crippen LogP) is 3.35. The molecule has 1 saturated carbocycles. The van der Waals surface area contributed by atoms with E-state index in [4.69, 9.17) is 5.21 Å². The van der Waals surface area contributed by atoms with Crippen LogP contribution in [0.5, 0.6) is 0 Å². The van der Waals surface area contributed by atoms with Crippen molar-refractivity contribution in [2.75, 3.05) is 0 Å². The van der Waals surface area contributed by atoms with Crippen LogP contribution in [0, 0.1) is 5.92 Å². The van der Waals surface area contributed by atoms with Crippen molar-refractivity contribution in [3.63, 3.8) is 0 Å². The van der Waals surface area contributed by atoms with Gasteiger partial charge in [0, 0.05) is 8.07 Å². The Morgan fingerprint density at radius 1 is 1.38 bits per heavy atom. The van der Waals surface area contributed by atoms with Crippen LogP contribution in [-0.2, 0) is 0 Å². The lowest BCUT2D eigenvalue weighted by atomic mass is 9.89. The van der Waals surface area contributed by atoms with Crippen molar-refractivity contribution in [2.24, 2.45) is 11.1 Å². The Hall–Kier alpha value is -0.313. The van der Waals surface area contributed by atoms with Gasteiger partial charge in [-0.3, -0.25) is 0 Å². The second-order valence-electron chi connectivity index (χ2n) is 5.30. The maximum Gasteiger partial charge on any atom is 0.0598 e. The molecule has 13 heavy (non-hydrogen) atoms. The molecule has 3 heteroatoms. The summed E-state index contributed by atoms with van der Waals surface area (Å²) >= 11 is 0. The minimum Gasteiger partial charge on any atom is -0.411 e. The number of rotatable bonds is 2. The fourth-order valence-electron chi connectivity index (χ4n) is 2.16. The van der Waals surface area contributed by atoms with Crippen LogP contribution in [0.25, 0.3) is 0 Å². The molecule has 0 radical (unpaired) electrons. The molecule has 0 heterocycles. The zero-order valence-corrected chi connectivity index (χ0v) is 10.0. The van der Waals surface area contributed by atoms with E-state index >= 15 is 0 Å². The minimum atomic E-state index is -0.995. The lowest BCUT2D eigenvalue weighted by Crippen LogP contribution is -2.30. The van der Waals surface area contributed by atoms with Gasteiger partial charge in [-0.2, -0.15) is 0 Å². The van der Waals surface area contributed by atoms with E-state index in [0.29, 0.717) is 5.92 Å². The Morgan fingerprint density at radius 2 is 2.08 bits per heavy atom. The number of hydrogen-bond donors (Lipinski definition) is 1. The third kappa shape index (κ3) is 3.51. The van der Waals surface area contributed by atoms with E-state index < -0.39 is 8.07 Å². The summed E-state index contributed by atoms with van der Waals surface area (Å²) in [5.41, 5.74) is 1.06. The molecule has 0 aromatic carbocycles. The van der Waals surface area contributed by atoms with Gasteiger partial charge < -0.3 is 5.21 Å². The normalized spacial score (nSPS) is 27.9. The van der Waals surface area contributed by atoms with Gasteiger partial charge in [-0.25, -0.2) is 0 Å². The molecular weight excluding hydrogens is 178 g/mol. The molecule has 1 rings (SSSR count). The van der Waals surface area contributed by atoms with Gasteiger partial charge in [0.05, 0.1) is 5.71 Å². The monoisotopic (exact) mass is 199 g/mol. The summed E-state index contributed by atoms with van der Waals surface area (Å²) in [6, 6.07) is 1.28. The zero-order chi connectivity index (χ0) is 9.90. The van der Waals surface area contributed by atoms with E-state index in [9.17, 15) is 0 Å². The van der Waals surface area contributed by atoms with Crippen LogP contribution in [-0.4, -0.2) is 19.0 Å². The Labute approximate surface area is 82.0 Å². The second kappa shape index (κ2) is 4.27. The molecular formula is C10H21NOSi. The Morgan fingerprint density at radius 3 is 2.62 bits per heavy atom. The predicted molar refractivity (Wildman–Crippen MR) is 59.3 cm³/mol. The summed E-state index contributed by atoms with van der Waals surface area (Å²) in [5.74, 6) is 0.588. The molecule has 0 spiro atoms. The van der Waals surface area contributed by atoms with Crippen molar-refractivity contribution in [2.45, 2.75) is 51.4 Å². The molecule has 0 aliphatic heterocycles. The van der Waals surface area contributed by atoms with Crippen LogP contribution in [0.2, 0.25) is 25.7 Å². The molecule has 0 aromatic rings. The third-order valence-electron chi connectivity index (χ3n) is 2.69. The van der Waals surface area contributed by atoms with Crippen LogP contribution in [0.3, 0.4) is 0 Å². The molecule has 1 N–H and O–H groups in total. The third-order valence-corrected chi connectivity index (χ3v) is 4.41. The van der Waals surface area contributed by atoms with Crippen molar-refractivity contribution >= 4 is 13.8 Å². The van der Waals surface area contributed by atoms with Crippen LogP contribution >= 0.6 is 0 Å². The molecule has 0 bridgehead atoms. The maximum absolute atomic E-state index is 8.86. The SMILES string of the molecule is C[Si](C)(C)CC1CCCC/C1=N/O. The first-order valence-electron chi connectivity index (χ1n) is 5.24. The number of oxime groups is 1. The lowest BCUT2D eigenvalue weighted by Gasteiger charge is -2.28. The summed E-state index contributed by atoms with van der Waals surface area (Å²) in [7, 11) is -0.995. The van der Waals surface area contributed by atoms with Crippen LogP contribution in [0.4, 0.5) is 0 Å². The van der Waals surface area contributed by atoms with Crippen LogP contribution < -0.4 is 0 Å². The van der Waals surface area contributed by atoms with Crippen molar-refractivity contribution in [3.05, 3.63) is 0 Å². The van der Waals surface area contributed by atoms with Gasteiger partial charge in [0.1, 0.15) is 0 Å². The highest BCUT2D eigenvalue weighted by molar-refractivity contribution is 6.76. The molecule has 0 aromatic heterocycles. The van der Waals surface area contributed by atoms with Crippen molar-refractivity contribution < 1.29 is 5.21 Å². The minimum absolute atomic E-state index is 0.588. The topological polar surface area (TPSA) is 32.6 Å². The molecule has 1 aliphatic carbocycles. The van der Waals surface area contributed by atoms with E-state index in [2.05, 4.69) is 24.8 Å². The van der Waals surface area contributed by atoms with Gasteiger partial charge in [0.25, 0.3) is 0 Å². The molecule has 76 valence electrons. The molecule has 1 fully saturated rings. The molecule has 1 aliphatic rings. The number of hydrogen-bond acceptors (Lipinski definition) is 2. The highest BCUT2D eigenvalue weighted by atomic mass is 28.3. The average molecular weight is 199 g/mol. The Kier molecular flexibility index (Phi) is 3.53. The van der Waals surface area contributed by atoms with Crippen LogP contribution in [0.15, 0.2) is 5.16 Å². The fourth-order valence-corrected chi connectivity index (χ4v) is 4.08. The van der Waals surface area contributed by atoms with Crippen molar-refractivity contribution in [3.8, 4) is 0 Å². The van der Waals surface area contributed by atoms with Gasteiger partial charge >= 0.3 is 0 Å². The first kappa shape index (κ1) is 10.8.